The van der Waals surface area contributed by atoms with Crippen molar-refractivity contribution in [3.63, 3.8) is 0 Å². The van der Waals surface area contributed by atoms with E-state index in [4.69, 9.17) is 14.2 Å². The lowest BCUT2D eigenvalue weighted by Crippen LogP contribution is -2.30. The molecule has 0 aromatic heterocycles. The third-order valence-electron chi connectivity index (χ3n) is 12.5. The lowest BCUT2D eigenvalue weighted by molar-refractivity contribution is -0.167. The van der Waals surface area contributed by atoms with Crippen LogP contribution in [0.2, 0.25) is 0 Å². The fourth-order valence-corrected chi connectivity index (χ4v) is 8.39. The molecule has 0 spiro atoms. The van der Waals surface area contributed by atoms with Crippen LogP contribution in [0.4, 0.5) is 0 Å². The molecule has 6 nitrogen and oxygen atoms in total. The standard InChI is InChI=1S/C55H106O6/c1-5-7-9-11-13-15-17-22-27-31-35-39-43-47-54(57)60-50-52(49-59-53(56)46-42-38-34-30-26-18-16-14-12-10-8-6-2)61-55(58)48-44-40-36-32-28-24-21-19-20-23-25-29-33-37-41-45-51(3)4/h51-52H,5-50H2,1-4H3/t52-/m1/s1. The molecule has 1 atom stereocenters. The first-order valence-corrected chi connectivity index (χ1v) is 27.4. The minimum Gasteiger partial charge on any atom is -0.462 e. The fraction of sp³-hybridized carbons (Fsp3) is 0.945. The Morgan fingerprint density at radius 1 is 0.311 bits per heavy atom. The Hall–Kier alpha value is -1.59. The summed E-state index contributed by atoms with van der Waals surface area (Å²) in [6.07, 6.45) is 52.3. The molecular weight excluding hydrogens is 757 g/mol. The van der Waals surface area contributed by atoms with Gasteiger partial charge in [0.25, 0.3) is 0 Å². The number of ether oxygens (including phenoxy) is 3. The second-order valence-corrected chi connectivity index (χ2v) is 19.3. The SMILES string of the molecule is CCCCCCCCCCCCCCCC(=O)OC[C@@H](COC(=O)CCCCCCCCCCCCCC)OC(=O)CCCCCCCCCCCCCCCCCC(C)C. The second kappa shape index (κ2) is 49.4. The van der Waals surface area contributed by atoms with Gasteiger partial charge in [-0.2, -0.15) is 0 Å². The van der Waals surface area contributed by atoms with Gasteiger partial charge >= 0.3 is 17.9 Å². The normalized spacial score (nSPS) is 12.0. The molecule has 0 aliphatic rings. The maximum Gasteiger partial charge on any atom is 0.306 e. The molecule has 0 heterocycles. The van der Waals surface area contributed by atoms with E-state index in [1.165, 1.54) is 205 Å². The molecule has 0 saturated carbocycles. The van der Waals surface area contributed by atoms with Gasteiger partial charge in [0.05, 0.1) is 0 Å². The molecule has 0 radical (unpaired) electrons. The van der Waals surface area contributed by atoms with Gasteiger partial charge < -0.3 is 14.2 Å². The van der Waals surface area contributed by atoms with Gasteiger partial charge in [-0.05, 0) is 25.2 Å². The molecule has 0 rings (SSSR count). The molecule has 0 N–H and O–H groups in total. The van der Waals surface area contributed by atoms with E-state index in [1.54, 1.807) is 0 Å². The predicted octanol–water partition coefficient (Wildman–Crippen LogP) is 17.8. The van der Waals surface area contributed by atoms with E-state index >= 15 is 0 Å². The zero-order valence-electron chi connectivity index (χ0n) is 41.6. The maximum atomic E-state index is 12.8. The Balaban J connectivity index is 4.28. The number of esters is 3. The van der Waals surface area contributed by atoms with Gasteiger partial charge in [-0.15, -0.1) is 0 Å². The summed E-state index contributed by atoms with van der Waals surface area (Å²) in [6.45, 7) is 9.05. The third-order valence-corrected chi connectivity index (χ3v) is 12.5. The van der Waals surface area contributed by atoms with E-state index in [9.17, 15) is 14.4 Å². The number of carbonyl (C=O) groups excluding carboxylic acids is 3. The van der Waals surface area contributed by atoms with E-state index in [2.05, 4.69) is 27.7 Å². The molecule has 0 aromatic carbocycles. The van der Waals surface area contributed by atoms with Crippen LogP contribution in [0, 0.1) is 5.92 Å². The number of unbranched alkanes of at least 4 members (excludes halogenated alkanes) is 37. The van der Waals surface area contributed by atoms with Crippen LogP contribution in [0.15, 0.2) is 0 Å². The number of rotatable bonds is 50. The van der Waals surface area contributed by atoms with Crippen LogP contribution in [0.3, 0.4) is 0 Å². The smallest absolute Gasteiger partial charge is 0.306 e. The molecule has 61 heavy (non-hydrogen) atoms. The van der Waals surface area contributed by atoms with E-state index in [0.29, 0.717) is 19.3 Å². The second-order valence-electron chi connectivity index (χ2n) is 19.3. The molecule has 0 unspecified atom stereocenters. The molecule has 0 aliphatic heterocycles. The van der Waals surface area contributed by atoms with Crippen molar-refractivity contribution in [2.45, 2.75) is 316 Å². The average molecular weight is 863 g/mol. The van der Waals surface area contributed by atoms with Gasteiger partial charge in [-0.1, -0.05) is 272 Å². The molecule has 362 valence electrons. The highest BCUT2D eigenvalue weighted by Gasteiger charge is 2.19. The first-order chi connectivity index (χ1) is 29.9. The van der Waals surface area contributed by atoms with Crippen molar-refractivity contribution in [1.82, 2.24) is 0 Å². The highest BCUT2D eigenvalue weighted by Crippen LogP contribution is 2.17. The number of hydrogen-bond donors (Lipinski definition) is 0. The summed E-state index contributed by atoms with van der Waals surface area (Å²) in [5.74, 6) is 0.00848. The van der Waals surface area contributed by atoms with E-state index in [1.807, 2.05) is 0 Å². The zero-order valence-corrected chi connectivity index (χ0v) is 41.6. The van der Waals surface area contributed by atoms with E-state index < -0.39 is 6.10 Å². The Morgan fingerprint density at radius 2 is 0.541 bits per heavy atom. The molecule has 6 heteroatoms. The minimum absolute atomic E-state index is 0.0622. The summed E-state index contributed by atoms with van der Waals surface area (Å²) in [5.41, 5.74) is 0. The summed E-state index contributed by atoms with van der Waals surface area (Å²) in [7, 11) is 0. The van der Waals surface area contributed by atoms with E-state index in [-0.39, 0.29) is 31.1 Å². The summed E-state index contributed by atoms with van der Waals surface area (Å²) in [6, 6.07) is 0. The van der Waals surface area contributed by atoms with Crippen molar-refractivity contribution in [3.8, 4) is 0 Å². The molecule has 0 amide bonds. The topological polar surface area (TPSA) is 78.9 Å². The van der Waals surface area contributed by atoms with Crippen LogP contribution < -0.4 is 0 Å². The summed E-state index contributed by atoms with van der Waals surface area (Å²) in [5, 5.41) is 0. The van der Waals surface area contributed by atoms with Crippen LogP contribution in [0.1, 0.15) is 310 Å². The monoisotopic (exact) mass is 863 g/mol. The summed E-state index contributed by atoms with van der Waals surface area (Å²) in [4.78, 5) is 38.0. The van der Waals surface area contributed by atoms with Crippen LogP contribution in [-0.4, -0.2) is 37.2 Å². The molecule has 0 saturated heterocycles. The van der Waals surface area contributed by atoms with Gasteiger partial charge in [0.2, 0.25) is 0 Å². The van der Waals surface area contributed by atoms with Gasteiger partial charge in [0, 0.05) is 19.3 Å². The first-order valence-electron chi connectivity index (χ1n) is 27.4. The lowest BCUT2D eigenvalue weighted by atomic mass is 10.0. The average Bonchev–Trinajstić information content (AvgIpc) is 3.24. The Kier molecular flexibility index (Phi) is 48.1. The number of carbonyl (C=O) groups is 3. The van der Waals surface area contributed by atoms with Crippen molar-refractivity contribution in [2.24, 2.45) is 5.92 Å². The Labute approximate surface area is 380 Å². The first kappa shape index (κ1) is 59.4. The minimum atomic E-state index is -0.760. The lowest BCUT2D eigenvalue weighted by Gasteiger charge is -2.18. The molecular formula is C55H106O6. The predicted molar refractivity (Wildman–Crippen MR) is 261 cm³/mol. The largest absolute Gasteiger partial charge is 0.462 e. The van der Waals surface area contributed by atoms with Gasteiger partial charge in [0.1, 0.15) is 13.2 Å². The summed E-state index contributed by atoms with van der Waals surface area (Å²) >= 11 is 0. The fourth-order valence-electron chi connectivity index (χ4n) is 8.39. The van der Waals surface area contributed by atoms with Crippen molar-refractivity contribution in [3.05, 3.63) is 0 Å². The van der Waals surface area contributed by atoms with Crippen LogP contribution >= 0.6 is 0 Å². The van der Waals surface area contributed by atoms with Crippen LogP contribution in [0.5, 0.6) is 0 Å². The quantitative estimate of drug-likeness (QED) is 0.0344. The molecule has 0 aromatic rings. The van der Waals surface area contributed by atoms with Crippen molar-refractivity contribution >= 4 is 17.9 Å². The third kappa shape index (κ3) is 49.3. The maximum absolute atomic E-state index is 12.8. The van der Waals surface area contributed by atoms with Crippen LogP contribution in [0.25, 0.3) is 0 Å². The molecule has 0 bridgehead atoms. The Morgan fingerprint density at radius 3 is 0.803 bits per heavy atom. The Bertz CT molecular complexity index is 918. The van der Waals surface area contributed by atoms with Crippen LogP contribution in [-0.2, 0) is 28.6 Å². The van der Waals surface area contributed by atoms with Crippen molar-refractivity contribution in [2.75, 3.05) is 13.2 Å². The highest BCUT2D eigenvalue weighted by atomic mass is 16.6. The molecule has 0 aliphatic carbocycles. The van der Waals surface area contributed by atoms with Crippen molar-refractivity contribution < 1.29 is 28.6 Å². The van der Waals surface area contributed by atoms with Gasteiger partial charge in [-0.3, -0.25) is 14.4 Å². The highest BCUT2D eigenvalue weighted by molar-refractivity contribution is 5.71. The number of hydrogen-bond acceptors (Lipinski definition) is 6. The van der Waals surface area contributed by atoms with Crippen molar-refractivity contribution in [1.29, 1.82) is 0 Å². The zero-order chi connectivity index (χ0) is 44.5. The molecule has 0 fully saturated rings. The van der Waals surface area contributed by atoms with Gasteiger partial charge in [0.15, 0.2) is 6.10 Å². The van der Waals surface area contributed by atoms with E-state index in [0.717, 1.165) is 63.7 Å². The summed E-state index contributed by atoms with van der Waals surface area (Å²) < 4.78 is 16.8. The van der Waals surface area contributed by atoms with Gasteiger partial charge in [-0.25, -0.2) is 0 Å².